The molecule has 1 aliphatic carbocycles. The molecule has 2 rings (SSSR count). The lowest BCUT2D eigenvalue weighted by Gasteiger charge is -2.31. The SMILES string of the molecule is CS(=O)(=O)C1CCCC(C(O)CCCc2ccccc2)C1. The van der Waals surface area contributed by atoms with E-state index in [1.54, 1.807) is 0 Å². The third kappa shape index (κ3) is 5.11. The standard InChI is InChI=1S/C17H26O3S/c1-21(19,20)16-11-6-10-15(13-16)17(18)12-5-9-14-7-3-2-4-8-14/h2-4,7-8,15-18H,5-6,9-13H2,1H3. The first-order chi connectivity index (χ1) is 9.97. The molecule has 0 saturated heterocycles. The summed E-state index contributed by atoms with van der Waals surface area (Å²) >= 11 is 0. The highest BCUT2D eigenvalue weighted by Crippen LogP contribution is 2.32. The smallest absolute Gasteiger partial charge is 0.150 e. The Bertz CT molecular complexity index is 524. The van der Waals surface area contributed by atoms with E-state index in [9.17, 15) is 13.5 Å². The quantitative estimate of drug-likeness (QED) is 0.879. The second kappa shape index (κ2) is 7.41. The first kappa shape index (κ1) is 16.5. The van der Waals surface area contributed by atoms with Gasteiger partial charge < -0.3 is 5.11 Å². The van der Waals surface area contributed by atoms with E-state index in [2.05, 4.69) is 12.1 Å². The predicted octanol–water partition coefficient (Wildman–Crippen LogP) is 2.97. The van der Waals surface area contributed by atoms with Gasteiger partial charge in [-0.25, -0.2) is 8.42 Å². The number of aliphatic hydroxyl groups is 1. The third-order valence-corrected chi connectivity index (χ3v) is 6.26. The van der Waals surface area contributed by atoms with Crippen LogP contribution in [0.5, 0.6) is 0 Å². The number of hydrogen-bond donors (Lipinski definition) is 1. The van der Waals surface area contributed by atoms with Crippen LogP contribution in [0.2, 0.25) is 0 Å². The molecule has 0 spiro atoms. The normalized spacial score (nSPS) is 24.7. The van der Waals surface area contributed by atoms with E-state index in [1.165, 1.54) is 11.8 Å². The van der Waals surface area contributed by atoms with E-state index in [0.717, 1.165) is 38.5 Å². The second-order valence-corrected chi connectivity index (χ2v) is 8.65. The molecule has 0 aromatic heterocycles. The first-order valence-electron chi connectivity index (χ1n) is 7.87. The van der Waals surface area contributed by atoms with E-state index in [-0.39, 0.29) is 17.3 Å². The summed E-state index contributed by atoms with van der Waals surface area (Å²) in [6, 6.07) is 10.3. The van der Waals surface area contributed by atoms with Crippen molar-refractivity contribution in [2.24, 2.45) is 5.92 Å². The van der Waals surface area contributed by atoms with Gasteiger partial charge in [0.15, 0.2) is 0 Å². The van der Waals surface area contributed by atoms with Crippen molar-refractivity contribution >= 4 is 9.84 Å². The fourth-order valence-electron chi connectivity index (χ4n) is 3.32. The minimum absolute atomic E-state index is 0.147. The Kier molecular flexibility index (Phi) is 5.82. The topological polar surface area (TPSA) is 54.4 Å². The average molecular weight is 310 g/mol. The number of sulfone groups is 1. The lowest BCUT2D eigenvalue weighted by atomic mass is 9.83. The molecule has 0 radical (unpaired) electrons. The zero-order valence-corrected chi connectivity index (χ0v) is 13.6. The van der Waals surface area contributed by atoms with Gasteiger partial charge in [0.2, 0.25) is 0 Å². The molecule has 0 bridgehead atoms. The maximum absolute atomic E-state index is 11.7. The predicted molar refractivity (Wildman–Crippen MR) is 86.0 cm³/mol. The van der Waals surface area contributed by atoms with Crippen LogP contribution in [0.15, 0.2) is 30.3 Å². The third-order valence-electron chi connectivity index (χ3n) is 4.62. The Balaban J connectivity index is 1.79. The van der Waals surface area contributed by atoms with Gasteiger partial charge in [-0.05, 0) is 50.0 Å². The Labute approximate surface area is 128 Å². The summed E-state index contributed by atoms with van der Waals surface area (Å²) < 4.78 is 23.3. The van der Waals surface area contributed by atoms with Crippen LogP contribution in [0.1, 0.15) is 44.1 Å². The zero-order valence-electron chi connectivity index (χ0n) is 12.7. The fraction of sp³-hybridized carbons (Fsp3) is 0.647. The highest BCUT2D eigenvalue weighted by molar-refractivity contribution is 7.91. The minimum Gasteiger partial charge on any atom is -0.393 e. The molecular weight excluding hydrogens is 284 g/mol. The average Bonchev–Trinajstić information content (AvgIpc) is 2.47. The van der Waals surface area contributed by atoms with Gasteiger partial charge in [-0.3, -0.25) is 0 Å². The molecule has 3 atom stereocenters. The molecule has 21 heavy (non-hydrogen) atoms. The molecule has 1 fully saturated rings. The van der Waals surface area contributed by atoms with Gasteiger partial charge in [0, 0.05) is 6.26 Å². The number of hydrogen-bond acceptors (Lipinski definition) is 3. The van der Waals surface area contributed by atoms with E-state index in [1.807, 2.05) is 18.2 Å². The van der Waals surface area contributed by atoms with Crippen LogP contribution in [0.3, 0.4) is 0 Å². The highest BCUT2D eigenvalue weighted by Gasteiger charge is 2.32. The Morgan fingerprint density at radius 2 is 1.95 bits per heavy atom. The van der Waals surface area contributed by atoms with Gasteiger partial charge in [-0.15, -0.1) is 0 Å². The summed E-state index contributed by atoms with van der Waals surface area (Å²) in [6.07, 6.45) is 6.90. The van der Waals surface area contributed by atoms with E-state index >= 15 is 0 Å². The molecule has 0 heterocycles. The molecule has 1 aromatic rings. The largest absolute Gasteiger partial charge is 0.393 e. The van der Waals surface area contributed by atoms with Crippen molar-refractivity contribution in [1.82, 2.24) is 0 Å². The van der Waals surface area contributed by atoms with E-state index in [0.29, 0.717) is 6.42 Å². The summed E-state index contributed by atoms with van der Waals surface area (Å²) in [6.45, 7) is 0. The summed E-state index contributed by atoms with van der Waals surface area (Å²) in [4.78, 5) is 0. The highest BCUT2D eigenvalue weighted by atomic mass is 32.2. The lowest BCUT2D eigenvalue weighted by Crippen LogP contribution is -2.33. The Hall–Kier alpha value is -0.870. The van der Waals surface area contributed by atoms with Crippen LogP contribution in [0.4, 0.5) is 0 Å². The maximum Gasteiger partial charge on any atom is 0.150 e. The molecule has 3 nitrogen and oxygen atoms in total. The van der Waals surface area contributed by atoms with Gasteiger partial charge in [0.05, 0.1) is 11.4 Å². The lowest BCUT2D eigenvalue weighted by molar-refractivity contribution is 0.0763. The van der Waals surface area contributed by atoms with Gasteiger partial charge in [0.25, 0.3) is 0 Å². The number of aryl methyl sites for hydroxylation is 1. The fourth-order valence-corrected chi connectivity index (χ4v) is 4.51. The van der Waals surface area contributed by atoms with Gasteiger partial charge in [-0.2, -0.15) is 0 Å². The number of aliphatic hydroxyl groups excluding tert-OH is 1. The molecule has 1 aromatic carbocycles. The van der Waals surface area contributed by atoms with E-state index in [4.69, 9.17) is 0 Å². The zero-order chi connectivity index (χ0) is 15.3. The maximum atomic E-state index is 11.7. The minimum atomic E-state index is -2.97. The second-order valence-electron chi connectivity index (χ2n) is 6.32. The Morgan fingerprint density at radius 1 is 1.24 bits per heavy atom. The molecule has 0 aliphatic heterocycles. The van der Waals surface area contributed by atoms with Crippen molar-refractivity contribution in [2.45, 2.75) is 56.3 Å². The van der Waals surface area contributed by atoms with Crippen molar-refractivity contribution in [3.63, 3.8) is 0 Å². The first-order valence-corrected chi connectivity index (χ1v) is 9.83. The van der Waals surface area contributed by atoms with Crippen LogP contribution in [0.25, 0.3) is 0 Å². The van der Waals surface area contributed by atoms with Crippen LogP contribution < -0.4 is 0 Å². The van der Waals surface area contributed by atoms with Gasteiger partial charge in [0.1, 0.15) is 9.84 Å². The van der Waals surface area contributed by atoms with Crippen LogP contribution in [-0.2, 0) is 16.3 Å². The van der Waals surface area contributed by atoms with Crippen molar-refractivity contribution in [3.05, 3.63) is 35.9 Å². The van der Waals surface area contributed by atoms with Crippen molar-refractivity contribution in [3.8, 4) is 0 Å². The molecule has 0 amide bonds. The van der Waals surface area contributed by atoms with Crippen LogP contribution in [-0.4, -0.2) is 31.1 Å². The van der Waals surface area contributed by atoms with Crippen LogP contribution in [0, 0.1) is 5.92 Å². The summed E-state index contributed by atoms with van der Waals surface area (Å²) in [7, 11) is -2.97. The van der Waals surface area contributed by atoms with Gasteiger partial charge >= 0.3 is 0 Å². The molecule has 118 valence electrons. The van der Waals surface area contributed by atoms with Crippen molar-refractivity contribution < 1.29 is 13.5 Å². The monoisotopic (exact) mass is 310 g/mol. The number of rotatable bonds is 6. The number of benzene rings is 1. The molecule has 1 saturated carbocycles. The van der Waals surface area contributed by atoms with Gasteiger partial charge in [-0.1, -0.05) is 36.8 Å². The molecule has 1 N–H and O–H groups in total. The Morgan fingerprint density at radius 3 is 2.62 bits per heavy atom. The molecule has 3 unspecified atom stereocenters. The molecular formula is C17H26O3S. The van der Waals surface area contributed by atoms with Crippen LogP contribution >= 0.6 is 0 Å². The summed E-state index contributed by atoms with van der Waals surface area (Å²) in [5.41, 5.74) is 1.29. The summed E-state index contributed by atoms with van der Waals surface area (Å²) in [5.74, 6) is 0.147. The van der Waals surface area contributed by atoms with Crippen molar-refractivity contribution in [2.75, 3.05) is 6.26 Å². The summed E-state index contributed by atoms with van der Waals surface area (Å²) in [5, 5.41) is 10.1. The van der Waals surface area contributed by atoms with E-state index < -0.39 is 9.84 Å². The van der Waals surface area contributed by atoms with Crippen molar-refractivity contribution in [1.29, 1.82) is 0 Å². The molecule has 1 aliphatic rings. The molecule has 4 heteroatoms.